The van der Waals surface area contributed by atoms with E-state index < -0.39 is 5.91 Å². The molecule has 3 aromatic heterocycles. The number of carbonyl (C=O) groups is 2. The lowest BCUT2D eigenvalue weighted by atomic mass is 10.1. The van der Waals surface area contributed by atoms with Crippen LogP contribution in [0.1, 0.15) is 35.1 Å². The van der Waals surface area contributed by atoms with Crippen molar-refractivity contribution in [3.05, 3.63) is 70.8 Å². The lowest BCUT2D eigenvalue weighted by Gasteiger charge is -2.39. The van der Waals surface area contributed by atoms with Crippen LogP contribution >= 0.6 is 15.9 Å². The fourth-order valence-electron chi connectivity index (χ4n) is 4.92. The van der Waals surface area contributed by atoms with E-state index in [1.807, 2.05) is 53.5 Å². The second kappa shape index (κ2) is 11.9. The van der Waals surface area contributed by atoms with Gasteiger partial charge in [-0.05, 0) is 47.0 Å². The van der Waals surface area contributed by atoms with E-state index in [1.54, 1.807) is 13.2 Å². The molecule has 1 aliphatic heterocycles. The van der Waals surface area contributed by atoms with Crippen molar-refractivity contribution in [3.63, 3.8) is 0 Å². The monoisotopic (exact) mass is 631 g/mol. The Morgan fingerprint density at radius 1 is 1.10 bits per heavy atom. The van der Waals surface area contributed by atoms with Gasteiger partial charge < -0.3 is 20.7 Å². The maximum atomic E-state index is 12.6. The number of pyridine rings is 1. The van der Waals surface area contributed by atoms with Gasteiger partial charge in [-0.25, -0.2) is 4.98 Å². The molecule has 0 unspecified atom stereocenters. The number of halogens is 1. The summed E-state index contributed by atoms with van der Waals surface area (Å²) < 4.78 is 8.67. The number of nitrogens with one attached hydrogen (secondary N) is 3. The zero-order valence-corrected chi connectivity index (χ0v) is 24.8. The molecule has 1 aliphatic carbocycles. The summed E-state index contributed by atoms with van der Waals surface area (Å²) in [5, 5.41) is 21.4. The molecule has 6 rings (SSSR count). The maximum absolute atomic E-state index is 12.6. The number of aromatic nitrogens is 5. The molecule has 2 amide bonds. The number of methoxy groups -OCH3 is 1. The molecule has 0 radical (unpaired) electrons. The van der Waals surface area contributed by atoms with E-state index in [0.717, 1.165) is 53.9 Å². The number of nitrogens with zero attached hydrogens (tertiary/aromatic N) is 6. The van der Waals surface area contributed by atoms with Gasteiger partial charge in [-0.2, -0.15) is 5.10 Å². The van der Waals surface area contributed by atoms with Crippen LogP contribution in [0, 0.1) is 5.92 Å². The van der Waals surface area contributed by atoms with E-state index in [9.17, 15) is 9.59 Å². The first kappa shape index (κ1) is 27.8. The van der Waals surface area contributed by atoms with Gasteiger partial charge in [-0.15, -0.1) is 10.2 Å². The average molecular weight is 633 g/mol. The molecule has 216 valence electrons. The van der Waals surface area contributed by atoms with E-state index in [4.69, 9.17) is 4.74 Å². The summed E-state index contributed by atoms with van der Waals surface area (Å²) in [5.74, 6) is 0.344. The summed E-state index contributed by atoms with van der Waals surface area (Å²) in [7, 11) is 3.12. The minimum atomic E-state index is -0.410. The van der Waals surface area contributed by atoms with Crippen LogP contribution in [-0.2, 0) is 11.3 Å². The van der Waals surface area contributed by atoms with E-state index in [0.29, 0.717) is 17.1 Å². The summed E-state index contributed by atoms with van der Waals surface area (Å²) in [6, 6.07) is 13.5. The van der Waals surface area contributed by atoms with Gasteiger partial charge in [0, 0.05) is 56.0 Å². The highest BCUT2D eigenvalue weighted by atomic mass is 79.9. The van der Waals surface area contributed by atoms with Gasteiger partial charge >= 0.3 is 0 Å². The largest absolute Gasteiger partial charge is 0.494 e. The van der Waals surface area contributed by atoms with Gasteiger partial charge in [0.25, 0.3) is 5.91 Å². The Hall–Kier alpha value is -4.36. The molecule has 1 saturated carbocycles. The normalized spacial score (nSPS) is 15.1. The van der Waals surface area contributed by atoms with Gasteiger partial charge in [0.1, 0.15) is 10.4 Å². The number of para-hydroxylation sites is 1. The number of rotatable bonds is 10. The molecule has 3 N–H and O–H groups in total. The van der Waals surface area contributed by atoms with Crippen molar-refractivity contribution in [2.75, 3.05) is 37.9 Å². The van der Waals surface area contributed by atoms with Gasteiger partial charge in [0.05, 0.1) is 36.4 Å². The average Bonchev–Trinajstić information content (AvgIpc) is 3.72. The molecule has 13 heteroatoms. The third-order valence-corrected chi connectivity index (χ3v) is 7.75. The van der Waals surface area contributed by atoms with E-state index in [1.165, 1.54) is 7.05 Å². The second-order valence-corrected chi connectivity index (χ2v) is 11.2. The van der Waals surface area contributed by atoms with Crippen molar-refractivity contribution < 1.29 is 14.3 Å². The van der Waals surface area contributed by atoms with Crippen molar-refractivity contribution in [1.82, 2.24) is 35.2 Å². The van der Waals surface area contributed by atoms with Crippen LogP contribution in [0.2, 0.25) is 0 Å². The zero-order valence-electron chi connectivity index (χ0n) is 23.2. The number of ether oxygens (including phenoxy) is 1. The van der Waals surface area contributed by atoms with Crippen molar-refractivity contribution in [2.45, 2.75) is 25.4 Å². The molecule has 0 atom stereocenters. The predicted molar refractivity (Wildman–Crippen MR) is 161 cm³/mol. The summed E-state index contributed by atoms with van der Waals surface area (Å²) in [6.45, 7) is 2.55. The molecule has 12 nitrogen and oxygen atoms in total. The second-order valence-electron chi connectivity index (χ2n) is 10.4. The summed E-state index contributed by atoms with van der Waals surface area (Å²) >= 11 is 3.43. The quantitative estimate of drug-likeness (QED) is 0.221. The number of benzene rings is 1. The standard InChI is InChI=1S/C29H30BrN9O3/c1-31-29(41)26-23(11-25(36-37-26)35-28(40)17-9-10-17)34-22-7-4-6-21(27(22)42-2)18-12-32-39(13-18)20-15-38(16-20)14-19-5-3-8-24(30)33-19/h3-8,11-13,17,20H,9-10,14-16H2,1-2H3,(H,31,41)(H2,34,35,36,40). The van der Waals surface area contributed by atoms with Crippen LogP contribution in [-0.4, -0.2) is 68.9 Å². The highest BCUT2D eigenvalue weighted by Crippen LogP contribution is 2.39. The van der Waals surface area contributed by atoms with Gasteiger partial charge in [0.15, 0.2) is 11.5 Å². The molecular formula is C29H30BrN9O3. The molecular weight excluding hydrogens is 602 g/mol. The third kappa shape index (κ3) is 5.97. The Morgan fingerprint density at radius 2 is 1.90 bits per heavy atom. The van der Waals surface area contributed by atoms with Gasteiger partial charge in [-0.3, -0.25) is 19.2 Å². The van der Waals surface area contributed by atoms with Crippen LogP contribution in [0.25, 0.3) is 11.1 Å². The van der Waals surface area contributed by atoms with E-state index in [-0.39, 0.29) is 29.4 Å². The van der Waals surface area contributed by atoms with Gasteiger partial charge in [-0.1, -0.05) is 18.2 Å². The summed E-state index contributed by atoms with van der Waals surface area (Å²) in [6.07, 6.45) is 5.58. The molecule has 42 heavy (non-hydrogen) atoms. The summed E-state index contributed by atoms with van der Waals surface area (Å²) in [4.78, 5) is 31.7. The number of hydrogen-bond acceptors (Lipinski definition) is 9. The smallest absolute Gasteiger partial charge is 0.273 e. The van der Waals surface area contributed by atoms with Crippen LogP contribution in [0.5, 0.6) is 5.75 Å². The summed E-state index contributed by atoms with van der Waals surface area (Å²) in [5.41, 5.74) is 3.87. The minimum absolute atomic E-state index is 0.00540. The molecule has 2 fully saturated rings. The first-order valence-electron chi connectivity index (χ1n) is 13.6. The fraction of sp³-hybridized carbons (Fsp3) is 0.310. The Bertz CT molecular complexity index is 1630. The minimum Gasteiger partial charge on any atom is -0.494 e. The topological polar surface area (TPSA) is 139 Å². The highest BCUT2D eigenvalue weighted by molar-refractivity contribution is 9.10. The highest BCUT2D eigenvalue weighted by Gasteiger charge is 2.31. The molecule has 2 aliphatic rings. The lowest BCUT2D eigenvalue weighted by Crippen LogP contribution is -2.47. The van der Waals surface area contributed by atoms with E-state index in [2.05, 4.69) is 57.1 Å². The maximum Gasteiger partial charge on any atom is 0.273 e. The van der Waals surface area contributed by atoms with Crippen LogP contribution < -0.4 is 20.7 Å². The third-order valence-electron chi connectivity index (χ3n) is 7.31. The number of amides is 2. The first-order chi connectivity index (χ1) is 20.4. The number of hydrogen-bond donors (Lipinski definition) is 3. The Morgan fingerprint density at radius 3 is 2.64 bits per heavy atom. The molecule has 4 aromatic rings. The number of likely N-dealkylation sites (tertiary alicyclic amines) is 1. The van der Waals surface area contributed by atoms with E-state index >= 15 is 0 Å². The van der Waals surface area contributed by atoms with Crippen molar-refractivity contribution in [3.8, 4) is 16.9 Å². The molecule has 0 bridgehead atoms. The SMILES string of the molecule is CNC(=O)c1nnc(NC(=O)C2CC2)cc1Nc1cccc(-c2cnn(C3CN(Cc4cccc(Br)n4)C3)c2)c1OC. The Labute approximate surface area is 251 Å². The predicted octanol–water partition coefficient (Wildman–Crippen LogP) is 4.01. The Kier molecular flexibility index (Phi) is 7.85. The molecule has 0 spiro atoms. The fourth-order valence-corrected chi connectivity index (χ4v) is 5.30. The molecule has 1 saturated heterocycles. The van der Waals surface area contributed by atoms with Crippen molar-refractivity contribution >= 4 is 44.9 Å². The van der Waals surface area contributed by atoms with Crippen molar-refractivity contribution in [2.24, 2.45) is 5.92 Å². The zero-order chi connectivity index (χ0) is 29.2. The van der Waals surface area contributed by atoms with Crippen LogP contribution in [0.15, 0.2) is 59.5 Å². The molecule has 1 aromatic carbocycles. The Balaban J connectivity index is 1.20. The number of carbonyl (C=O) groups excluding carboxylic acids is 2. The first-order valence-corrected chi connectivity index (χ1v) is 14.4. The van der Waals surface area contributed by atoms with Crippen LogP contribution in [0.4, 0.5) is 17.2 Å². The number of anilines is 3. The van der Waals surface area contributed by atoms with Gasteiger partial charge in [0.2, 0.25) is 5.91 Å². The van der Waals surface area contributed by atoms with Crippen molar-refractivity contribution in [1.29, 1.82) is 0 Å². The lowest BCUT2D eigenvalue weighted by molar-refractivity contribution is -0.117. The molecule has 4 heterocycles. The van der Waals surface area contributed by atoms with Crippen LogP contribution in [0.3, 0.4) is 0 Å².